The molecule has 8 heteroatoms. The van der Waals surface area contributed by atoms with Gasteiger partial charge in [-0.1, -0.05) is 26.2 Å². The van der Waals surface area contributed by atoms with Gasteiger partial charge in [-0.3, -0.25) is 0 Å². The van der Waals surface area contributed by atoms with E-state index in [9.17, 15) is 21.6 Å². The molecular formula is C18H25F3N2O2S. The van der Waals surface area contributed by atoms with E-state index >= 15 is 0 Å². The van der Waals surface area contributed by atoms with Gasteiger partial charge in [-0.05, 0) is 48.3 Å². The number of nitrogens with zero attached hydrogens (tertiary/aromatic N) is 1. The molecule has 0 aromatic heterocycles. The number of sulfonamides is 1. The summed E-state index contributed by atoms with van der Waals surface area (Å²) in [6, 6.07) is -0.498. The molecule has 2 rings (SSSR count). The summed E-state index contributed by atoms with van der Waals surface area (Å²) in [5.74, 6) is 0.0845. The van der Waals surface area contributed by atoms with Crippen LogP contribution >= 0.6 is 0 Å². The zero-order valence-corrected chi connectivity index (χ0v) is 15.7. The lowest BCUT2D eigenvalue weighted by Crippen LogP contribution is -2.48. The first-order chi connectivity index (χ1) is 12.0. The van der Waals surface area contributed by atoms with Gasteiger partial charge in [0, 0.05) is 24.8 Å². The molecule has 0 spiro atoms. The predicted octanol–water partition coefficient (Wildman–Crippen LogP) is 3.73. The molecule has 4 nitrogen and oxygen atoms in total. The average Bonchev–Trinajstić information content (AvgIpc) is 3.38. The Kier molecular flexibility index (Phi) is 6.07. The Bertz CT molecular complexity index is 721. The SMILES string of the molecule is C=CCC(C)C1CN(S(=O)(=O)C(F)(F)F)CC(C(=C)C2CC2)=C(C=C)N1. The van der Waals surface area contributed by atoms with E-state index in [1.165, 1.54) is 6.08 Å². The number of rotatable bonds is 7. The van der Waals surface area contributed by atoms with E-state index < -0.39 is 21.6 Å². The predicted molar refractivity (Wildman–Crippen MR) is 96.5 cm³/mol. The summed E-state index contributed by atoms with van der Waals surface area (Å²) in [7, 11) is -5.45. The summed E-state index contributed by atoms with van der Waals surface area (Å²) >= 11 is 0. The first-order valence-corrected chi connectivity index (χ1v) is 9.95. The summed E-state index contributed by atoms with van der Waals surface area (Å²) in [5, 5.41) is 3.20. The number of allylic oxidation sites excluding steroid dienone is 2. The maximum Gasteiger partial charge on any atom is 0.511 e. The van der Waals surface area contributed by atoms with E-state index in [0.717, 1.165) is 12.8 Å². The smallest absolute Gasteiger partial charge is 0.380 e. The molecule has 2 atom stereocenters. The zero-order valence-electron chi connectivity index (χ0n) is 14.8. The Morgan fingerprint density at radius 3 is 2.46 bits per heavy atom. The quantitative estimate of drug-likeness (QED) is 0.674. The largest absolute Gasteiger partial charge is 0.511 e. The summed E-state index contributed by atoms with van der Waals surface area (Å²) in [5.41, 5.74) is -3.61. The lowest BCUT2D eigenvalue weighted by atomic mass is 9.97. The molecule has 1 N–H and O–H groups in total. The van der Waals surface area contributed by atoms with E-state index in [0.29, 0.717) is 27.6 Å². The van der Waals surface area contributed by atoms with Crippen molar-refractivity contribution in [3.8, 4) is 0 Å². The van der Waals surface area contributed by atoms with Crippen LogP contribution < -0.4 is 5.32 Å². The van der Waals surface area contributed by atoms with Crippen LogP contribution in [0.1, 0.15) is 26.2 Å². The fourth-order valence-electron chi connectivity index (χ4n) is 3.09. The van der Waals surface area contributed by atoms with Gasteiger partial charge in [0.1, 0.15) is 0 Å². The molecule has 1 aliphatic heterocycles. The number of alkyl halides is 3. The van der Waals surface area contributed by atoms with Gasteiger partial charge >= 0.3 is 15.5 Å². The molecule has 26 heavy (non-hydrogen) atoms. The highest BCUT2D eigenvalue weighted by Crippen LogP contribution is 2.41. The Labute approximate surface area is 153 Å². The normalized spacial score (nSPS) is 23.8. The van der Waals surface area contributed by atoms with Crippen LogP contribution in [-0.2, 0) is 10.0 Å². The van der Waals surface area contributed by atoms with E-state index in [-0.39, 0.29) is 24.9 Å². The van der Waals surface area contributed by atoms with Crippen molar-refractivity contribution >= 4 is 10.0 Å². The molecule has 1 aliphatic carbocycles. The highest BCUT2D eigenvalue weighted by molar-refractivity contribution is 7.90. The van der Waals surface area contributed by atoms with Crippen molar-refractivity contribution in [1.29, 1.82) is 0 Å². The van der Waals surface area contributed by atoms with Crippen molar-refractivity contribution in [3.05, 3.63) is 48.7 Å². The second-order valence-electron chi connectivity index (χ2n) is 6.89. The van der Waals surface area contributed by atoms with Gasteiger partial charge in [0.2, 0.25) is 0 Å². The molecule has 0 aromatic carbocycles. The van der Waals surface area contributed by atoms with Crippen LogP contribution in [0.5, 0.6) is 0 Å². The molecule has 0 amide bonds. The van der Waals surface area contributed by atoms with Gasteiger partial charge in [0.15, 0.2) is 0 Å². The molecule has 0 radical (unpaired) electrons. The summed E-state index contributed by atoms with van der Waals surface area (Å²) in [6.45, 7) is 12.6. The fourth-order valence-corrected chi connectivity index (χ4v) is 4.04. The van der Waals surface area contributed by atoms with E-state index in [2.05, 4.69) is 25.1 Å². The van der Waals surface area contributed by atoms with Crippen molar-refractivity contribution in [2.45, 2.75) is 37.7 Å². The lowest BCUT2D eigenvalue weighted by Gasteiger charge is -2.29. The average molecular weight is 390 g/mol. The Morgan fingerprint density at radius 2 is 2.00 bits per heavy atom. The minimum Gasteiger partial charge on any atom is -0.380 e. The second-order valence-corrected chi connectivity index (χ2v) is 8.82. The molecule has 2 unspecified atom stereocenters. The van der Waals surface area contributed by atoms with Gasteiger partial charge in [0.25, 0.3) is 0 Å². The Hall–Kier alpha value is -1.54. The molecule has 1 fully saturated rings. The molecule has 0 aromatic rings. The second kappa shape index (κ2) is 7.60. The summed E-state index contributed by atoms with van der Waals surface area (Å²) < 4.78 is 64.3. The first-order valence-electron chi connectivity index (χ1n) is 8.51. The minimum atomic E-state index is -5.45. The number of hydrogen-bond acceptors (Lipinski definition) is 3. The standard InChI is InChI=1S/C18H25F3N2O2S/c1-5-7-12(3)17-11-23(26(24,25)18(19,20)21)10-15(16(6-2)22-17)13(4)14-8-9-14/h5-6,12,14,17,22H,1-2,4,7-11H2,3H3. The number of halogens is 3. The number of hydrogen-bond donors (Lipinski definition) is 1. The van der Waals surface area contributed by atoms with Crippen LogP contribution in [-0.4, -0.2) is 37.4 Å². The maximum absolute atomic E-state index is 13.2. The van der Waals surface area contributed by atoms with Gasteiger partial charge < -0.3 is 5.32 Å². The lowest BCUT2D eigenvalue weighted by molar-refractivity contribution is -0.0488. The third kappa shape index (κ3) is 4.23. The van der Waals surface area contributed by atoms with E-state index in [1.807, 2.05) is 6.92 Å². The third-order valence-electron chi connectivity index (χ3n) is 4.92. The third-order valence-corrected chi connectivity index (χ3v) is 6.46. The Morgan fingerprint density at radius 1 is 1.38 bits per heavy atom. The van der Waals surface area contributed by atoms with Crippen LogP contribution in [0.25, 0.3) is 0 Å². The maximum atomic E-state index is 13.2. The van der Waals surface area contributed by atoms with Crippen LogP contribution in [0.2, 0.25) is 0 Å². The first kappa shape index (κ1) is 20.8. The Balaban J connectivity index is 2.48. The summed E-state index contributed by atoms with van der Waals surface area (Å²) in [6.07, 6.45) is 5.56. The number of nitrogens with one attached hydrogen (secondary N) is 1. The molecule has 0 bridgehead atoms. The van der Waals surface area contributed by atoms with Crippen molar-refractivity contribution in [1.82, 2.24) is 9.62 Å². The van der Waals surface area contributed by atoms with Gasteiger partial charge in [-0.15, -0.1) is 6.58 Å². The van der Waals surface area contributed by atoms with Crippen molar-refractivity contribution in [2.24, 2.45) is 11.8 Å². The molecule has 1 saturated carbocycles. The molecular weight excluding hydrogens is 365 g/mol. The highest BCUT2D eigenvalue weighted by atomic mass is 32.2. The van der Waals surface area contributed by atoms with Crippen LogP contribution in [0, 0.1) is 11.8 Å². The topological polar surface area (TPSA) is 49.4 Å². The fraction of sp³-hybridized carbons (Fsp3) is 0.556. The van der Waals surface area contributed by atoms with E-state index in [1.54, 1.807) is 6.08 Å². The highest BCUT2D eigenvalue weighted by Gasteiger charge is 2.51. The monoisotopic (exact) mass is 390 g/mol. The van der Waals surface area contributed by atoms with Crippen LogP contribution in [0.4, 0.5) is 13.2 Å². The van der Waals surface area contributed by atoms with Gasteiger partial charge in [-0.2, -0.15) is 17.5 Å². The van der Waals surface area contributed by atoms with Crippen molar-refractivity contribution in [2.75, 3.05) is 13.1 Å². The minimum absolute atomic E-state index is 0.109. The molecule has 146 valence electrons. The molecule has 1 heterocycles. The van der Waals surface area contributed by atoms with E-state index in [4.69, 9.17) is 0 Å². The summed E-state index contributed by atoms with van der Waals surface area (Å²) in [4.78, 5) is 0. The van der Waals surface area contributed by atoms with Crippen molar-refractivity contribution < 1.29 is 21.6 Å². The van der Waals surface area contributed by atoms with Crippen LogP contribution in [0.3, 0.4) is 0 Å². The zero-order chi connectivity index (χ0) is 19.7. The molecule has 2 aliphatic rings. The van der Waals surface area contributed by atoms with Crippen molar-refractivity contribution in [3.63, 3.8) is 0 Å². The van der Waals surface area contributed by atoms with Gasteiger partial charge in [0.05, 0.1) is 0 Å². The van der Waals surface area contributed by atoms with Gasteiger partial charge in [-0.25, -0.2) is 8.42 Å². The molecule has 0 saturated heterocycles. The van der Waals surface area contributed by atoms with Crippen LogP contribution in [0.15, 0.2) is 48.7 Å².